The first-order valence-corrected chi connectivity index (χ1v) is 9.91. The first kappa shape index (κ1) is 19.1. The predicted molar refractivity (Wildman–Crippen MR) is 118 cm³/mol. The maximum absolute atomic E-state index is 11.4. The molecule has 0 fully saturated rings. The van der Waals surface area contributed by atoms with Crippen molar-refractivity contribution in [1.29, 1.82) is 0 Å². The van der Waals surface area contributed by atoms with Crippen LogP contribution < -0.4 is 20.5 Å². The quantitative estimate of drug-likeness (QED) is 0.374. The van der Waals surface area contributed by atoms with Gasteiger partial charge in [0.25, 0.3) is 0 Å². The Labute approximate surface area is 176 Å². The highest BCUT2D eigenvalue weighted by Gasteiger charge is 2.12. The first-order chi connectivity index (χ1) is 14.1. The summed E-state index contributed by atoms with van der Waals surface area (Å²) in [6.45, 7) is 1.05. The molecular formula is C22H20BrN3O3. The smallest absolute Gasteiger partial charge is 0.323 e. The van der Waals surface area contributed by atoms with Crippen LogP contribution in [0.1, 0.15) is 11.1 Å². The number of nitrogens with one attached hydrogen (secondary N) is 3. The van der Waals surface area contributed by atoms with Gasteiger partial charge in [0.15, 0.2) is 11.5 Å². The van der Waals surface area contributed by atoms with Crippen LogP contribution in [0.3, 0.4) is 0 Å². The minimum atomic E-state index is -0.211. The lowest BCUT2D eigenvalue weighted by atomic mass is 10.2. The number of rotatable bonds is 7. The molecule has 1 aromatic heterocycles. The van der Waals surface area contributed by atoms with Crippen LogP contribution in [0.4, 0.5) is 5.69 Å². The van der Waals surface area contributed by atoms with Gasteiger partial charge in [-0.25, -0.2) is 4.79 Å². The summed E-state index contributed by atoms with van der Waals surface area (Å²) in [6.07, 6.45) is 0. The summed E-state index contributed by atoms with van der Waals surface area (Å²) in [7, 11) is 1.63. The molecule has 0 aliphatic carbocycles. The molecule has 0 atom stereocenters. The second-order valence-electron chi connectivity index (χ2n) is 6.58. The van der Waals surface area contributed by atoms with E-state index in [1.807, 2.05) is 60.7 Å². The molecule has 0 bridgehead atoms. The molecule has 1 heterocycles. The molecule has 148 valence electrons. The van der Waals surface area contributed by atoms with E-state index >= 15 is 0 Å². The number of anilines is 1. The Bertz CT molecular complexity index is 1190. The number of benzene rings is 3. The number of hydrogen-bond donors (Lipinski definition) is 3. The Kier molecular flexibility index (Phi) is 5.57. The highest BCUT2D eigenvalue weighted by Crippen LogP contribution is 2.37. The maximum Gasteiger partial charge on any atom is 0.323 e. The minimum Gasteiger partial charge on any atom is -0.493 e. The lowest BCUT2D eigenvalue weighted by Crippen LogP contribution is -2.03. The van der Waals surface area contributed by atoms with Crippen molar-refractivity contribution in [3.8, 4) is 11.5 Å². The summed E-state index contributed by atoms with van der Waals surface area (Å²) in [5.74, 6) is 1.34. The van der Waals surface area contributed by atoms with E-state index in [9.17, 15) is 4.79 Å². The van der Waals surface area contributed by atoms with Crippen molar-refractivity contribution in [3.05, 3.63) is 86.7 Å². The third-order valence-electron chi connectivity index (χ3n) is 4.53. The fraction of sp³-hybridized carbons (Fsp3) is 0.136. The minimum absolute atomic E-state index is 0.211. The molecule has 0 aliphatic rings. The first-order valence-electron chi connectivity index (χ1n) is 9.11. The monoisotopic (exact) mass is 453 g/mol. The highest BCUT2D eigenvalue weighted by atomic mass is 79.9. The Hall–Kier alpha value is -3.19. The van der Waals surface area contributed by atoms with Gasteiger partial charge >= 0.3 is 5.69 Å². The molecule has 4 rings (SSSR count). The van der Waals surface area contributed by atoms with Gasteiger partial charge in [0.2, 0.25) is 0 Å². The molecule has 3 N–H and O–H groups in total. The van der Waals surface area contributed by atoms with Crippen molar-refractivity contribution in [3.63, 3.8) is 0 Å². The molecule has 29 heavy (non-hydrogen) atoms. The van der Waals surface area contributed by atoms with Crippen LogP contribution >= 0.6 is 15.9 Å². The van der Waals surface area contributed by atoms with Crippen molar-refractivity contribution >= 4 is 32.7 Å². The van der Waals surface area contributed by atoms with E-state index in [0.29, 0.717) is 24.7 Å². The third kappa shape index (κ3) is 4.46. The van der Waals surface area contributed by atoms with Crippen molar-refractivity contribution < 1.29 is 9.47 Å². The summed E-state index contributed by atoms with van der Waals surface area (Å²) < 4.78 is 12.4. The number of methoxy groups -OCH3 is 1. The number of aromatic amines is 2. The summed E-state index contributed by atoms with van der Waals surface area (Å²) in [5, 5.41) is 3.37. The van der Waals surface area contributed by atoms with Crippen molar-refractivity contribution in [1.82, 2.24) is 9.97 Å². The topological polar surface area (TPSA) is 79.1 Å². The van der Waals surface area contributed by atoms with Gasteiger partial charge in [-0.1, -0.05) is 30.3 Å². The van der Waals surface area contributed by atoms with Crippen LogP contribution in [0.2, 0.25) is 0 Å². The van der Waals surface area contributed by atoms with Gasteiger partial charge in [-0.2, -0.15) is 0 Å². The van der Waals surface area contributed by atoms with E-state index in [1.165, 1.54) is 0 Å². The van der Waals surface area contributed by atoms with Crippen LogP contribution in [-0.4, -0.2) is 17.1 Å². The number of aromatic nitrogens is 2. The van der Waals surface area contributed by atoms with Crippen molar-refractivity contribution in [2.75, 3.05) is 12.4 Å². The number of imidazole rings is 1. The van der Waals surface area contributed by atoms with Gasteiger partial charge in [-0.05, 0) is 57.4 Å². The SMILES string of the molecule is COc1cc(CNc2ccc3[nH]c(=O)[nH]c3c2)cc(Br)c1OCc1ccccc1. The van der Waals surface area contributed by atoms with E-state index in [2.05, 4.69) is 31.2 Å². The molecule has 0 amide bonds. The van der Waals surface area contributed by atoms with Gasteiger partial charge in [-0.3, -0.25) is 0 Å². The van der Waals surface area contributed by atoms with Crippen LogP contribution in [0.5, 0.6) is 11.5 Å². The van der Waals surface area contributed by atoms with Crippen LogP contribution in [0.25, 0.3) is 11.0 Å². The third-order valence-corrected chi connectivity index (χ3v) is 5.12. The highest BCUT2D eigenvalue weighted by molar-refractivity contribution is 9.10. The zero-order valence-electron chi connectivity index (χ0n) is 15.8. The molecule has 4 aromatic rings. The van der Waals surface area contributed by atoms with Gasteiger partial charge < -0.3 is 24.8 Å². The number of H-pyrrole nitrogens is 2. The Morgan fingerprint density at radius 1 is 0.966 bits per heavy atom. The average molecular weight is 454 g/mol. The Morgan fingerprint density at radius 2 is 1.76 bits per heavy atom. The van der Waals surface area contributed by atoms with Crippen molar-refractivity contribution in [2.24, 2.45) is 0 Å². The van der Waals surface area contributed by atoms with E-state index in [1.54, 1.807) is 7.11 Å². The van der Waals surface area contributed by atoms with Crippen LogP contribution in [0.15, 0.2) is 69.9 Å². The second-order valence-corrected chi connectivity index (χ2v) is 7.43. The largest absolute Gasteiger partial charge is 0.493 e. The van der Waals surface area contributed by atoms with E-state index < -0.39 is 0 Å². The van der Waals surface area contributed by atoms with Gasteiger partial charge in [0.1, 0.15) is 6.61 Å². The normalized spacial score (nSPS) is 10.8. The molecule has 0 spiro atoms. The molecule has 6 nitrogen and oxygen atoms in total. The molecular weight excluding hydrogens is 434 g/mol. The Morgan fingerprint density at radius 3 is 2.55 bits per heavy atom. The molecule has 7 heteroatoms. The lowest BCUT2D eigenvalue weighted by Gasteiger charge is -2.15. The molecule has 0 radical (unpaired) electrons. The average Bonchev–Trinajstić information content (AvgIpc) is 3.11. The molecule has 0 saturated carbocycles. The standard InChI is InChI=1S/C22H20BrN3O3/c1-28-20-10-15(9-17(23)21(20)29-13-14-5-3-2-4-6-14)12-24-16-7-8-18-19(11-16)26-22(27)25-18/h2-11,24H,12-13H2,1H3,(H2,25,26,27). The van der Waals surface area contributed by atoms with Gasteiger partial charge in [0.05, 0.1) is 22.6 Å². The Balaban J connectivity index is 1.48. The maximum atomic E-state index is 11.4. The number of fused-ring (bicyclic) bond motifs is 1. The summed E-state index contributed by atoms with van der Waals surface area (Å²) in [6, 6.07) is 19.6. The van der Waals surface area contributed by atoms with Gasteiger partial charge in [-0.15, -0.1) is 0 Å². The number of hydrogen-bond acceptors (Lipinski definition) is 4. The summed E-state index contributed by atoms with van der Waals surface area (Å²) in [4.78, 5) is 16.9. The molecule has 3 aromatic carbocycles. The fourth-order valence-corrected chi connectivity index (χ4v) is 3.70. The number of halogens is 1. The fourth-order valence-electron chi connectivity index (χ4n) is 3.09. The van der Waals surface area contributed by atoms with Crippen molar-refractivity contribution in [2.45, 2.75) is 13.2 Å². The summed E-state index contributed by atoms with van der Waals surface area (Å²) >= 11 is 3.60. The molecule has 0 aliphatic heterocycles. The second kappa shape index (κ2) is 8.45. The zero-order valence-corrected chi connectivity index (χ0v) is 17.4. The zero-order chi connectivity index (χ0) is 20.2. The van der Waals surface area contributed by atoms with E-state index in [-0.39, 0.29) is 5.69 Å². The summed E-state index contributed by atoms with van der Waals surface area (Å²) in [5.41, 5.74) is 4.37. The van der Waals surface area contributed by atoms with E-state index in [4.69, 9.17) is 9.47 Å². The van der Waals surface area contributed by atoms with E-state index in [0.717, 1.165) is 32.3 Å². The van der Waals surface area contributed by atoms with Crippen LogP contribution in [0, 0.1) is 0 Å². The lowest BCUT2D eigenvalue weighted by molar-refractivity contribution is 0.282. The van der Waals surface area contributed by atoms with Gasteiger partial charge in [0, 0.05) is 12.2 Å². The predicted octanol–water partition coefficient (Wildman–Crippen LogP) is 4.82. The van der Waals surface area contributed by atoms with Crippen LogP contribution in [-0.2, 0) is 13.2 Å². The molecule has 0 saturated heterocycles. The molecule has 0 unspecified atom stereocenters. The number of ether oxygens (including phenoxy) is 2.